The number of hydrogen-bond donors (Lipinski definition) is 2. The molecular weight excluding hydrogens is 252 g/mol. The number of benzene rings is 1. The van der Waals surface area contributed by atoms with Crippen molar-refractivity contribution in [2.45, 2.75) is 12.6 Å². The molecule has 0 saturated heterocycles. The van der Waals surface area contributed by atoms with Crippen LogP contribution >= 0.6 is 0 Å². The summed E-state index contributed by atoms with van der Waals surface area (Å²) in [6.07, 6.45) is 3.16. The van der Waals surface area contributed by atoms with E-state index in [4.69, 9.17) is 4.74 Å². The van der Waals surface area contributed by atoms with E-state index in [-0.39, 0.29) is 0 Å². The number of nitrogens with zero attached hydrogens (tertiary/aromatic N) is 1. The number of hydrogen-bond acceptors (Lipinski definition) is 4. The molecular formula is C16H20N2O2. The molecule has 1 heterocycles. The van der Waals surface area contributed by atoms with Crippen LogP contribution < -0.4 is 5.32 Å². The van der Waals surface area contributed by atoms with Crippen LogP contribution in [0.3, 0.4) is 0 Å². The lowest BCUT2D eigenvalue weighted by atomic mass is 10.0. The summed E-state index contributed by atoms with van der Waals surface area (Å²) in [4.78, 5) is 4.13. The van der Waals surface area contributed by atoms with Crippen molar-refractivity contribution in [3.63, 3.8) is 0 Å². The summed E-state index contributed by atoms with van der Waals surface area (Å²) in [5, 5.41) is 12.8. The van der Waals surface area contributed by atoms with E-state index in [1.165, 1.54) is 5.56 Å². The van der Waals surface area contributed by atoms with Crippen molar-refractivity contribution < 1.29 is 9.84 Å². The predicted octanol–water partition coefficient (Wildman–Crippen LogP) is 1.85. The molecule has 2 aromatic rings. The number of aliphatic hydroxyl groups is 1. The SMILES string of the molecule is COCC(O)CNCc1cccc(-c2cccnc2)c1. The van der Waals surface area contributed by atoms with Gasteiger partial charge >= 0.3 is 0 Å². The molecule has 0 radical (unpaired) electrons. The van der Waals surface area contributed by atoms with Crippen LogP contribution in [0.4, 0.5) is 0 Å². The quantitative estimate of drug-likeness (QED) is 0.807. The standard InChI is InChI=1S/C16H20N2O2/c1-20-12-16(19)11-18-9-13-4-2-5-14(8-13)15-6-3-7-17-10-15/h2-8,10,16,18-19H,9,11-12H2,1H3. The van der Waals surface area contributed by atoms with Gasteiger partial charge in [0.2, 0.25) is 0 Å². The van der Waals surface area contributed by atoms with E-state index < -0.39 is 6.10 Å². The lowest BCUT2D eigenvalue weighted by Gasteiger charge is -2.11. The van der Waals surface area contributed by atoms with Crippen molar-refractivity contribution in [3.05, 3.63) is 54.4 Å². The van der Waals surface area contributed by atoms with E-state index in [9.17, 15) is 5.11 Å². The zero-order valence-corrected chi connectivity index (χ0v) is 11.6. The van der Waals surface area contributed by atoms with Crippen LogP contribution in [0.5, 0.6) is 0 Å². The maximum absolute atomic E-state index is 9.56. The molecule has 4 heteroatoms. The normalized spacial score (nSPS) is 12.3. The first-order valence-corrected chi connectivity index (χ1v) is 6.66. The Morgan fingerprint density at radius 3 is 2.85 bits per heavy atom. The third-order valence-corrected chi connectivity index (χ3v) is 2.99. The summed E-state index contributed by atoms with van der Waals surface area (Å²) in [7, 11) is 1.58. The minimum atomic E-state index is -0.471. The topological polar surface area (TPSA) is 54.4 Å². The van der Waals surface area contributed by atoms with Gasteiger partial charge in [-0.15, -0.1) is 0 Å². The van der Waals surface area contributed by atoms with E-state index in [2.05, 4.69) is 28.5 Å². The van der Waals surface area contributed by atoms with Crippen LogP contribution in [0, 0.1) is 0 Å². The highest BCUT2D eigenvalue weighted by molar-refractivity contribution is 5.62. The van der Waals surface area contributed by atoms with Crippen molar-refractivity contribution in [1.29, 1.82) is 0 Å². The number of methoxy groups -OCH3 is 1. The maximum atomic E-state index is 9.56. The first-order chi connectivity index (χ1) is 9.79. The van der Waals surface area contributed by atoms with Gasteiger partial charge in [0, 0.05) is 32.6 Å². The van der Waals surface area contributed by atoms with Crippen LogP contribution in [-0.2, 0) is 11.3 Å². The number of ether oxygens (including phenoxy) is 1. The highest BCUT2D eigenvalue weighted by Crippen LogP contribution is 2.18. The molecule has 106 valence electrons. The van der Waals surface area contributed by atoms with Gasteiger partial charge in [-0.2, -0.15) is 0 Å². The number of aromatic nitrogens is 1. The van der Waals surface area contributed by atoms with Crippen LogP contribution in [0.2, 0.25) is 0 Å². The van der Waals surface area contributed by atoms with E-state index in [1.807, 2.05) is 24.4 Å². The Bertz CT molecular complexity index is 517. The monoisotopic (exact) mass is 272 g/mol. The molecule has 0 amide bonds. The van der Waals surface area contributed by atoms with Gasteiger partial charge in [-0.25, -0.2) is 0 Å². The summed E-state index contributed by atoms with van der Waals surface area (Å²) in [5.74, 6) is 0. The molecule has 1 atom stereocenters. The average Bonchev–Trinajstić information content (AvgIpc) is 2.49. The molecule has 1 aromatic heterocycles. The van der Waals surface area contributed by atoms with E-state index in [0.717, 1.165) is 17.7 Å². The Balaban J connectivity index is 1.93. The van der Waals surface area contributed by atoms with Gasteiger partial charge in [-0.3, -0.25) is 4.98 Å². The molecule has 0 spiro atoms. The second-order valence-electron chi connectivity index (χ2n) is 4.68. The fourth-order valence-electron chi connectivity index (χ4n) is 2.03. The fraction of sp³-hybridized carbons (Fsp3) is 0.312. The molecule has 2 rings (SSSR count). The van der Waals surface area contributed by atoms with Gasteiger partial charge < -0.3 is 15.2 Å². The smallest absolute Gasteiger partial charge is 0.0897 e. The van der Waals surface area contributed by atoms with Gasteiger partial charge in [0.05, 0.1) is 12.7 Å². The van der Waals surface area contributed by atoms with Crippen molar-refractivity contribution in [2.75, 3.05) is 20.3 Å². The van der Waals surface area contributed by atoms with Crippen molar-refractivity contribution in [3.8, 4) is 11.1 Å². The highest BCUT2D eigenvalue weighted by atomic mass is 16.5. The number of nitrogens with one attached hydrogen (secondary N) is 1. The second kappa shape index (κ2) is 7.75. The molecule has 1 unspecified atom stereocenters. The van der Waals surface area contributed by atoms with E-state index in [0.29, 0.717) is 13.2 Å². The molecule has 0 aliphatic carbocycles. The van der Waals surface area contributed by atoms with E-state index in [1.54, 1.807) is 13.3 Å². The highest BCUT2D eigenvalue weighted by Gasteiger charge is 2.03. The minimum absolute atomic E-state index is 0.350. The lowest BCUT2D eigenvalue weighted by molar-refractivity contribution is 0.0644. The molecule has 0 saturated carbocycles. The summed E-state index contributed by atoms with van der Waals surface area (Å²) in [6, 6.07) is 12.3. The third kappa shape index (κ3) is 4.42. The summed E-state index contributed by atoms with van der Waals surface area (Å²) in [5.41, 5.74) is 3.43. The first-order valence-electron chi connectivity index (χ1n) is 6.66. The van der Waals surface area contributed by atoms with Gasteiger partial charge in [0.25, 0.3) is 0 Å². The molecule has 2 N–H and O–H groups in total. The Morgan fingerprint density at radius 2 is 2.10 bits per heavy atom. The summed E-state index contributed by atoms with van der Waals surface area (Å²) in [6.45, 7) is 1.59. The maximum Gasteiger partial charge on any atom is 0.0897 e. The van der Waals surface area contributed by atoms with Crippen molar-refractivity contribution >= 4 is 0 Å². The molecule has 0 bridgehead atoms. The Hall–Kier alpha value is -1.75. The zero-order chi connectivity index (χ0) is 14.2. The third-order valence-electron chi connectivity index (χ3n) is 2.99. The zero-order valence-electron chi connectivity index (χ0n) is 11.6. The Morgan fingerprint density at radius 1 is 1.25 bits per heavy atom. The van der Waals surface area contributed by atoms with Crippen LogP contribution in [0.15, 0.2) is 48.8 Å². The Labute approximate surface area is 119 Å². The first kappa shape index (κ1) is 14.7. The van der Waals surface area contributed by atoms with Gasteiger partial charge in [-0.05, 0) is 28.8 Å². The average molecular weight is 272 g/mol. The lowest BCUT2D eigenvalue weighted by Crippen LogP contribution is -2.29. The molecule has 1 aromatic carbocycles. The summed E-state index contributed by atoms with van der Waals surface area (Å²) < 4.78 is 4.89. The van der Waals surface area contributed by atoms with Gasteiger partial charge in [0.15, 0.2) is 0 Å². The largest absolute Gasteiger partial charge is 0.389 e. The Kier molecular flexibility index (Phi) is 5.68. The molecule has 0 fully saturated rings. The van der Waals surface area contributed by atoms with Gasteiger partial charge in [-0.1, -0.05) is 24.3 Å². The molecule has 0 aliphatic heterocycles. The van der Waals surface area contributed by atoms with Crippen LogP contribution in [0.1, 0.15) is 5.56 Å². The number of rotatable bonds is 7. The van der Waals surface area contributed by atoms with E-state index >= 15 is 0 Å². The second-order valence-corrected chi connectivity index (χ2v) is 4.68. The predicted molar refractivity (Wildman–Crippen MR) is 79.3 cm³/mol. The fourth-order valence-corrected chi connectivity index (χ4v) is 2.03. The van der Waals surface area contributed by atoms with Crippen molar-refractivity contribution in [2.24, 2.45) is 0 Å². The number of pyridine rings is 1. The minimum Gasteiger partial charge on any atom is -0.389 e. The molecule has 20 heavy (non-hydrogen) atoms. The van der Waals surface area contributed by atoms with Gasteiger partial charge in [0.1, 0.15) is 0 Å². The number of aliphatic hydroxyl groups excluding tert-OH is 1. The molecule has 0 aliphatic rings. The molecule has 4 nitrogen and oxygen atoms in total. The van der Waals surface area contributed by atoms with Crippen molar-refractivity contribution in [1.82, 2.24) is 10.3 Å². The summed E-state index contributed by atoms with van der Waals surface area (Å²) >= 11 is 0. The van der Waals surface area contributed by atoms with Crippen LogP contribution in [0.25, 0.3) is 11.1 Å². The van der Waals surface area contributed by atoms with Crippen LogP contribution in [-0.4, -0.2) is 36.5 Å².